The Labute approximate surface area is 161 Å². The summed E-state index contributed by atoms with van der Waals surface area (Å²) in [6, 6.07) is 21.1. The van der Waals surface area contributed by atoms with Crippen molar-refractivity contribution >= 4 is 24.0 Å². The largest absolute Gasteiger partial charge is 0.318 e. The number of aryl methyl sites for hydroxylation is 1. The normalized spacial score (nSPS) is 11.9. The SMILES string of the molecule is C=c1[nH]c(=O)s/c1=C\c1cc(C)n(-c2ccc(-c3ccccc3)cc2)c1C. The van der Waals surface area contributed by atoms with E-state index in [1.54, 1.807) is 0 Å². The van der Waals surface area contributed by atoms with E-state index in [2.05, 4.69) is 84.6 Å². The lowest BCUT2D eigenvalue weighted by molar-refractivity contribution is 0.965. The zero-order valence-corrected chi connectivity index (χ0v) is 16.1. The summed E-state index contributed by atoms with van der Waals surface area (Å²) in [6.07, 6.45) is 2.03. The highest BCUT2D eigenvalue weighted by molar-refractivity contribution is 7.07. The summed E-state index contributed by atoms with van der Waals surface area (Å²) in [5, 5.41) is 0.669. The monoisotopic (exact) mass is 372 g/mol. The van der Waals surface area contributed by atoms with Crippen LogP contribution in [0.3, 0.4) is 0 Å². The third-order valence-corrected chi connectivity index (χ3v) is 5.61. The molecule has 0 saturated heterocycles. The van der Waals surface area contributed by atoms with E-state index in [1.165, 1.54) is 22.5 Å². The second-order valence-electron chi connectivity index (χ2n) is 6.58. The third-order valence-electron chi connectivity index (χ3n) is 4.74. The van der Waals surface area contributed by atoms with Gasteiger partial charge < -0.3 is 9.55 Å². The molecule has 0 saturated carbocycles. The average Bonchev–Trinajstić information content (AvgIpc) is 3.13. The van der Waals surface area contributed by atoms with Crippen molar-refractivity contribution in [2.45, 2.75) is 13.8 Å². The minimum absolute atomic E-state index is 0.0726. The van der Waals surface area contributed by atoms with E-state index in [1.807, 2.05) is 12.1 Å². The number of hydrogen-bond acceptors (Lipinski definition) is 2. The molecule has 4 heteroatoms. The Hall–Kier alpha value is -3.11. The minimum atomic E-state index is -0.0726. The van der Waals surface area contributed by atoms with Gasteiger partial charge in [-0.1, -0.05) is 60.4 Å². The lowest BCUT2D eigenvalue weighted by Crippen LogP contribution is -2.19. The lowest BCUT2D eigenvalue weighted by atomic mass is 10.1. The van der Waals surface area contributed by atoms with Gasteiger partial charge in [0.25, 0.3) is 0 Å². The first-order chi connectivity index (χ1) is 13.0. The van der Waals surface area contributed by atoms with Crippen LogP contribution in [0.25, 0.3) is 29.5 Å². The Balaban J connectivity index is 1.76. The Morgan fingerprint density at radius 3 is 2.30 bits per heavy atom. The highest BCUT2D eigenvalue weighted by Crippen LogP contribution is 2.24. The Kier molecular flexibility index (Phi) is 4.42. The zero-order chi connectivity index (χ0) is 19.0. The highest BCUT2D eigenvalue weighted by Gasteiger charge is 2.10. The van der Waals surface area contributed by atoms with Crippen LogP contribution in [-0.4, -0.2) is 9.55 Å². The number of aromatic nitrogens is 2. The van der Waals surface area contributed by atoms with E-state index in [4.69, 9.17) is 0 Å². The molecule has 0 aliphatic rings. The van der Waals surface area contributed by atoms with Crippen LogP contribution in [0.15, 0.2) is 65.5 Å². The van der Waals surface area contributed by atoms with E-state index < -0.39 is 0 Å². The first-order valence-electron chi connectivity index (χ1n) is 8.77. The molecule has 1 N–H and O–H groups in total. The van der Waals surface area contributed by atoms with Crippen LogP contribution in [-0.2, 0) is 0 Å². The first kappa shape index (κ1) is 17.3. The van der Waals surface area contributed by atoms with Gasteiger partial charge in [0.15, 0.2) is 0 Å². The van der Waals surface area contributed by atoms with Crippen molar-refractivity contribution in [2.24, 2.45) is 0 Å². The van der Waals surface area contributed by atoms with Gasteiger partial charge in [0.05, 0.1) is 9.88 Å². The molecule has 4 aromatic rings. The second kappa shape index (κ2) is 6.89. The number of nitrogens with zero attached hydrogens (tertiary/aromatic N) is 1. The van der Waals surface area contributed by atoms with Crippen LogP contribution in [0.2, 0.25) is 0 Å². The van der Waals surface area contributed by atoms with Crippen molar-refractivity contribution in [3.63, 3.8) is 0 Å². The van der Waals surface area contributed by atoms with Crippen LogP contribution in [0.5, 0.6) is 0 Å². The molecule has 0 spiro atoms. The molecule has 4 rings (SSSR count). The van der Waals surface area contributed by atoms with E-state index in [0.29, 0.717) is 5.35 Å². The first-order valence-corrected chi connectivity index (χ1v) is 9.59. The Morgan fingerprint density at radius 2 is 1.67 bits per heavy atom. The predicted octanol–water partition coefficient (Wildman–Crippen LogP) is 3.75. The zero-order valence-electron chi connectivity index (χ0n) is 15.3. The fourth-order valence-electron chi connectivity index (χ4n) is 3.39. The molecule has 2 aromatic carbocycles. The number of thiazole rings is 1. The molecule has 2 heterocycles. The van der Waals surface area contributed by atoms with Crippen LogP contribution in [0.1, 0.15) is 17.0 Å². The number of benzene rings is 2. The third kappa shape index (κ3) is 3.32. The summed E-state index contributed by atoms with van der Waals surface area (Å²) in [6.45, 7) is 8.11. The summed E-state index contributed by atoms with van der Waals surface area (Å²) in [5.74, 6) is 0. The standard InChI is InChI=1S/C23H20N2OS/c1-15-13-20(14-22-16(2)24-23(26)27-22)17(3)25(15)21-11-9-19(10-12-21)18-7-5-4-6-8-18/h4-14H,2H2,1,3H3,(H,24,26)/b22-14-. The Morgan fingerprint density at radius 1 is 1.00 bits per heavy atom. The minimum Gasteiger partial charge on any atom is -0.318 e. The fourth-order valence-corrected chi connectivity index (χ4v) is 4.13. The van der Waals surface area contributed by atoms with E-state index in [0.717, 1.165) is 27.2 Å². The van der Waals surface area contributed by atoms with Crippen molar-refractivity contribution < 1.29 is 0 Å². The van der Waals surface area contributed by atoms with Gasteiger partial charge in [-0.3, -0.25) is 4.79 Å². The summed E-state index contributed by atoms with van der Waals surface area (Å²) in [7, 11) is 0. The summed E-state index contributed by atoms with van der Waals surface area (Å²) >= 11 is 1.19. The highest BCUT2D eigenvalue weighted by atomic mass is 32.1. The van der Waals surface area contributed by atoms with Crippen molar-refractivity contribution in [2.75, 3.05) is 0 Å². The molecule has 0 atom stereocenters. The topological polar surface area (TPSA) is 37.8 Å². The summed E-state index contributed by atoms with van der Waals surface area (Å²) < 4.78 is 3.11. The van der Waals surface area contributed by atoms with Crippen LogP contribution < -0.4 is 14.8 Å². The van der Waals surface area contributed by atoms with Gasteiger partial charge in [-0.2, -0.15) is 0 Å². The molecule has 134 valence electrons. The number of aromatic amines is 1. The number of rotatable bonds is 3. The Bertz CT molecular complexity index is 1260. The molecule has 0 aliphatic heterocycles. The summed E-state index contributed by atoms with van der Waals surface area (Å²) in [5.41, 5.74) is 6.93. The van der Waals surface area contributed by atoms with E-state index >= 15 is 0 Å². The molecule has 0 bridgehead atoms. The molecule has 0 fully saturated rings. The average molecular weight is 372 g/mol. The molecule has 27 heavy (non-hydrogen) atoms. The number of nitrogens with one attached hydrogen (secondary N) is 1. The second-order valence-corrected chi connectivity index (χ2v) is 7.59. The van der Waals surface area contributed by atoms with Gasteiger partial charge in [0, 0.05) is 17.1 Å². The van der Waals surface area contributed by atoms with Crippen molar-refractivity contribution in [1.82, 2.24) is 9.55 Å². The van der Waals surface area contributed by atoms with Crippen molar-refractivity contribution in [3.8, 4) is 16.8 Å². The van der Waals surface area contributed by atoms with Gasteiger partial charge in [-0.25, -0.2) is 0 Å². The molecular weight excluding hydrogens is 352 g/mol. The van der Waals surface area contributed by atoms with Crippen molar-refractivity contribution in [3.05, 3.63) is 97.2 Å². The van der Waals surface area contributed by atoms with Crippen LogP contribution in [0.4, 0.5) is 0 Å². The lowest BCUT2D eigenvalue weighted by Gasteiger charge is -2.11. The van der Waals surface area contributed by atoms with Gasteiger partial charge in [0.1, 0.15) is 0 Å². The van der Waals surface area contributed by atoms with Gasteiger partial charge >= 0.3 is 4.87 Å². The fraction of sp³-hybridized carbons (Fsp3) is 0.0870. The van der Waals surface area contributed by atoms with Crippen molar-refractivity contribution in [1.29, 1.82) is 0 Å². The maximum Gasteiger partial charge on any atom is 0.305 e. The van der Waals surface area contributed by atoms with Gasteiger partial charge in [0.2, 0.25) is 0 Å². The molecule has 3 nitrogen and oxygen atoms in total. The quantitative estimate of drug-likeness (QED) is 0.584. The van der Waals surface area contributed by atoms with Crippen LogP contribution >= 0.6 is 11.3 Å². The predicted molar refractivity (Wildman–Crippen MR) is 114 cm³/mol. The summed E-state index contributed by atoms with van der Waals surface area (Å²) in [4.78, 5) is 14.2. The number of hydrogen-bond donors (Lipinski definition) is 1. The van der Waals surface area contributed by atoms with E-state index in [9.17, 15) is 4.79 Å². The maximum absolute atomic E-state index is 11.5. The molecule has 0 amide bonds. The molecule has 2 aromatic heterocycles. The maximum atomic E-state index is 11.5. The smallest absolute Gasteiger partial charge is 0.305 e. The van der Waals surface area contributed by atoms with E-state index in [-0.39, 0.29) is 4.87 Å². The molecule has 0 aliphatic carbocycles. The van der Waals surface area contributed by atoms with Gasteiger partial charge in [-0.15, -0.1) is 0 Å². The number of H-pyrrole nitrogens is 1. The molecular formula is C23H20N2OS. The van der Waals surface area contributed by atoms with Gasteiger partial charge in [-0.05, 0) is 54.8 Å². The molecule has 0 radical (unpaired) electrons. The van der Waals surface area contributed by atoms with Crippen LogP contribution in [0, 0.1) is 13.8 Å². The molecule has 0 unspecified atom stereocenters.